The number of aromatic nitrogens is 8. The van der Waals surface area contributed by atoms with Crippen molar-refractivity contribution in [3.05, 3.63) is 28.9 Å². The lowest BCUT2D eigenvalue weighted by atomic mass is 9.92. The van der Waals surface area contributed by atoms with E-state index in [0.29, 0.717) is 36.7 Å². The van der Waals surface area contributed by atoms with E-state index in [4.69, 9.17) is 41.8 Å². The Balaban J connectivity index is 1.15. The second kappa shape index (κ2) is 10.0. The van der Waals surface area contributed by atoms with Crippen LogP contribution in [0.15, 0.2) is 23.4 Å². The molecule has 2 bridgehead atoms. The number of halogens is 1. The largest absolute Gasteiger partial charge is 0.383 e. The van der Waals surface area contributed by atoms with E-state index in [9.17, 15) is 9.69 Å². The van der Waals surface area contributed by atoms with Gasteiger partial charge in [-0.05, 0) is 30.7 Å². The molecule has 4 aromatic heterocycles. The minimum Gasteiger partial charge on any atom is -0.383 e. The van der Waals surface area contributed by atoms with Gasteiger partial charge in [-0.3, -0.25) is 9.78 Å². The number of ether oxygens (including phenoxy) is 2. The van der Waals surface area contributed by atoms with E-state index in [1.165, 1.54) is 11.0 Å². The molecule has 16 nitrogen and oxygen atoms in total. The van der Waals surface area contributed by atoms with Gasteiger partial charge in [-0.1, -0.05) is 11.6 Å². The minimum atomic E-state index is -3.87. The van der Waals surface area contributed by atoms with Crippen molar-refractivity contribution in [3.63, 3.8) is 0 Å². The molecule has 19 heteroatoms. The number of H-pyrrole nitrogens is 1. The normalized spacial score (nSPS) is 34.4. The van der Waals surface area contributed by atoms with Crippen LogP contribution in [0.25, 0.3) is 22.2 Å². The van der Waals surface area contributed by atoms with Gasteiger partial charge in [-0.15, -0.1) is 5.10 Å². The number of rotatable bonds is 2. The quantitative estimate of drug-likeness (QED) is 0.234. The molecule has 7 heterocycles. The van der Waals surface area contributed by atoms with Gasteiger partial charge in [-0.2, -0.15) is 9.67 Å². The molecule has 3 aliphatic rings. The van der Waals surface area contributed by atoms with Crippen LogP contribution in [0.4, 0.5) is 16.2 Å². The third-order valence-corrected chi connectivity index (χ3v) is 9.35. The average molecular weight is 609 g/mol. The molecule has 0 spiro atoms. The summed E-state index contributed by atoms with van der Waals surface area (Å²) < 4.78 is 42.9. The van der Waals surface area contributed by atoms with Gasteiger partial charge >= 0.3 is 6.72 Å². The summed E-state index contributed by atoms with van der Waals surface area (Å²) in [5, 5.41) is 8.53. The van der Waals surface area contributed by atoms with Crippen molar-refractivity contribution < 1.29 is 27.8 Å². The highest BCUT2D eigenvalue weighted by molar-refractivity contribution is 8.07. The number of nitrogens with one attached hydrogen (secondary N) is 1. The third-order valence-electron chi connectivity index (χ3n) is 7.76. The second-order valence-corrected chi connectivity index (χ2v) is 13.1. The Labute approximate surface area is 235 Å². The molecule has 3 fully saturated rings. The molecule has 0 amide bonds. The first-order valence-electron chi connectivity index (χ1n) is 13.0. The molecule has 0 aromatic carbocycles. The molecular formula is C22H26FN10O6PS. The molecule has 41 heavy (non-hydrogen) atoms. The van der Waals surface area contributed by atoms with E-state index in [2.05, 4.69) is 30.2 Å². The summed E-state index contributed by atoms with van der Waals surface area (Å²) in [6.07, 6.45) is -0.192. The number of fused-ring (bicyclic) bond motifs is 5. The van der Waals surface area contributed by atoms with Crippen LogP contribution in [0.3, 0.4) is 0 Å². The van der Waals surface area contributed by atoms with Crippen LogP contribution in [0.5, 0.6) is 0 Å². The van der Waals surface area contributed by atoms with E-state index in [0.717, 1.165) is 0 Å². The lowest BCUT2D eigenvalue weighted by Crippen LogP contribution is -2.27. The Hall–Kier alpha value is -3.12. The van der Waals surface area contributed by atoms with Crippen molar-refractivity contribution in [2.45, 2.75) is 62.6 Å². The first-order chi connectivity index (χ1) is 19.7. The van der Waals surface area contributed by atoms with Crippen LogP contribution in [0.2, 0.25) is 0 Å². The molecule has 8 atom stereocenters. The Morgan fingerprint density at radius 2 is 2.02 bits per heavy atom. The standard InChI is InChI=1S/C22H26FN10O6PS/c23-14-10-3-1-2-9-6-12(20(37-9)33-18-15(30-31-33)19(34)29-22(25)28-18)39-40(35,41)36-7-13(10)38-21(14)32-5-4-11-16(24)26-8-27-17(11)32/h4-5,8-10,12-14,20-21H,1-3,6-7H2,(H,35,41)(H2,24,26,27)(H3,25,28,29,34)/t9?,10-,12-,13-,14+,20-,21-,40?/m1/s1. The van der Waals surface area contributed by atoms with E-state index in [1.54, 1.807) is 16.8 Å². The average Bonchev–Trinajstić information content (AvgIpc) is 3.68. The number of nitrogens with two attached hydrogens (primary N) is 2. The van der Waals surface area contributed by atoms with Gasteiger partial charge in [0.05, 0.1) is 24.2 Å². The van der Waals surface area contributed by atoms with Crippen molar-refractivity contribution >= 4 is 52.5 Å². The van der Waals surface area contributed by atoms with Gasteiger partial charge < -0.3 is 39.4 Å². The van der Waals surface area contributed by atoms with Gasteiger partial charge in [0.15, 0.2) is 29.8 Å². The van der Waals surface area contributed by atoms with E-state index in [-0.39, 0.29) is 35.6 Å². The molecule has 7 rings (SSSR count). The Kier molecular flexibility index (Phi) is 6.53. The number of nitrogens with zero attached hydrogens (tertiary/aromatic N) is 7. The molecule has 218 valence electrons. The van der Waals surface area contributed by atoms with Gasteiger partial charge in [0.2, 0.25) is 5.95 Å². The van der Waals surface area contributed by atoms with E-state index < -0.39 is 49.0 Å². The summed E-state index contributed by atoms with van der Waals surface area (Å²) in [6, 6.07) is 1.71. The maximum absolute atomic E-state index is 16.0. The first-order valence-corrected chi connectivity index (χ1v) is 15.6. The van der Waals surface area contributed by atoms with Crippen molar-refractivity contribution in [2.75, 3.05) is 18.1 Å². The number of alkyl halides is 1. The highest BCUT2D eigenvalue weighted by Crippen LogP contribution is 2.52. The van der Waals surface area contributed by atoms with Crippen molar-refractivity contribution in [2.24, 2.45) is 5.92 Å². The predicted molar refractivity (Wildman–Crippen MR) is 144 cm³/mol. The number of anilines is 2. The number of aromatic amines is 1. The zero-order valence-electron chi connectivity index (χ0n) is 21.3. The molecule has 0 radical (unpaired) electrons. The van der Waals surface area contributed by atoms with Crippen LogP contribution in [0, 0.1) is 5.92 Å². The van der Waals surface area contributed by atoms with Crippen molar-refractivity contribution in [3.8, 4) is 0 Å². The summed E-state index contributed by atoms with van der Waals surface area (Å²) in [5.41, 5.74) is 11.6. The fourth-order valence-electron chi connectivity index (χ4n) is 5.89. The predicted octanol–water partition coefficient (Wildman–Crippen LogP) is 1.07. The minimum absolute atomic E-state index is 0.0271. The SMILES string of the molecule is Nc1nc2c(nnn2[C@@H]2OC3CCC[C@H]4[C@H](F)[C@H](n5ccc6c(N)ncnc65)O[C@@H]4COP(O)(=S)O[C@@H]2C3)c(=O)[nH]1. The van der Waals surface area contributed by atoms with Gasteiger partial charge in [0.1, 0.15) is 23.9 Å². The van der Waals surface area contributed by atoms with Gasteiger partial charge in [0.25, 0.3) is 5.56 Å². The molecule has 0 aliphatic carbocycles. The molecular weight excluding hydrogens is 582 g/mol. The highest BCUT2D eigenvalue weighted by Gasteiger charge is 2.48. The maximum Gasteiger partial charge on any atom is 0.325 e. The number of nitrogen functional groups attached to an aromatic ring is 2. The summed E-state index contributed by atoms with van der Waals surface area (Å²) in [6.45, 7) is -4.05. The Morgan fingerprint density at radius 3 is 2.88 bits per heavy atom. The summed E-state index contributed by atoms with van der Waals surface area (Å²) >= 11 is 5.33. The van der Waals surface area contributed by atoms with Crippen LogP contribution < -0.4 is 17.0 Å². The third kappa shape index (κ3) is 4.68. The Morgan fingerprint density at radius 1 is 1.17 bits per heavy atom. The highest BCUT2D eigenvalue weighted by atomic mass is 32.5. The van der Waals surface area contributed by atoms with Crippen LogP contribution in [-0.2, 0) is 30.3 Å². The molecule has 0 saturated carbocycles. The fourth-order valence-corrected chi connectivity index (χ4v) is 7.33. The summed E-state index contributed by atoms with van der Waals surface area (Å²) in [7, 11) is 0. The van der Waals surface area contributed by atoms with E-state index >= 15 is 4.39 Å². The maximum atomic E-state index is 16.0. The topological polar surface area (TPSA) is 216 Å². The molecule has 3 saturated heterocycles. The lowest BCUT2D eigenvalue weighted by Gasteiger charge is -2.26. The van der Waals surface area contributed by atoms with Crippen molar-refractivity contribution in [1.82, 2.24) is 39.5 Å². The molecule has 6 N–H and O–H groups in total. The zero-order chi connectivity index (χ0) is 28.5. The van der Waals surface area contributed by atoms with Gasteiger partial charge in [0, 0.05) is 18.5 Å². The molecule has 4 aromatic rings. The molecule has 3 aliphatic heterocycles. The fraction of sp³-hybridized carbons (Fsp3) is 0.545. The zero-order valence-corrected chi connectivity index (χ0v) is 23.0. The second-order valence-electron chi connectivity index (χ2n) is 10.3. The van der Waals surface area contributed by atoms with E-state index in [1.807, 2.05) is 0 Å². The number of hydrogen-bond donors (Lipinski definition) is 4. The van der Waals surface area contributed by atoms with Crippen molar-refractivity contribution in [1.29, 1.82) is 0 Å². The summed E-state index contributed by atoms with van der Waals surface area (Å²) in [5.74, 6) is -0.389. The van der Waals surface area contributed by atoms with Crippen LogP contribution in [0.1, 0.15) is 38.1 Å². The number of hydrogen-bond acceptors (Lipinski definition) is 13. The smallest absolute Gasteiger partial charge is 0.325 e. The first kappa shape index (κ1) is 26.8. The lowest BCUT2D eigenvalue weighted by molar-refractivity contribution is -0.0480. The monoisotopic (exact) mass is 608 g/mol. The Bertz CT molecular complexity index is 1730. The summed E-state index contributed by atoms with van der Waals surface area (Å²) in [4.78, 5) is 38.0. The van der Waals surface area contributed by atoms with Crippen LogP contribution >= 0.6 is 6.72 Å². The van der Waals surface area contributed by atoms with Gasteiger partial charge in [-0.25, -0.2) is 14.4 Å². The molecule has 2 unspecified atom stereocenters. The van der Waals surface area contributed by atoms with Crippen LogP contribution in [-0.4, -0.2) is 75.5 Å².